The van der Waals surface area contributed by atoms with Crippen LogP contribution in [0.1, 0.15) is 13.3 Å². The Kier molecular flexibility index (Phi) is 3.50. The molecule has 1 unspecified atom stereocenters. The molecule has 0 aliphatic carbocycles. The van der Waals surface area contributed by atoms with Crippen molar-refractivity contribution in [1.29, 1.82) is 0 Å². The van der Waals surface area contributed by atoms with E-state index in [-0.39, 0.29) is 23.5 Å². The Morgan fingerprint density at radius 2 is 2.37 bits per heavy atom. The predicted molar refractivity (Wildman–Crippen MR) is 69.7 cm³/mol. The van der Waals surface area contributed by atoms with Crippen LogP contribution in [0, 0.1) is 10.1 Å². The van der Waals surface area contributed by atoms with E-state index in [2.05, 4.69) is 10.3 Å². The molecule has 2 rings (SSSR count). The zero-order valence-electron chi connectivity index (χ0n) is 10.5. The van der Waals surface area contributed by atoms with Gasteiger partial charge < -0.3 is 16.0 Å². The van der Waals surface area contributed by atoms with Gasteiger partial charge in [-0.15, -0.1) is 0 Å². The SMILES string of the molecule is CCC1C(=O)NCCN1c1cc([N+](=O)[O-])cc(N)n1. The summed E-state index contributed by atoms with van der Waals surface area (Å²) in [6.45, 7) is 2.92. The molecule has 8 nitrogen and oxygen atoms in total. The standard InChI is InChI=1S/C11H15N5O3/c1-2-8-11(17)13-3-4-15(8)10-6-7(16(18)19)5-9(12)14-10/h5-6,8H,2-4H2,1H3,(H2,12,14)(H,13,17). The number of nitro groups is 1. The van der Waals surface area contributed by atoms with Crippen LogP contribution in [0.5, 0.6) is 0 Å². The lowest BCUT2D eigenvalue weighted by molar-refractivity contribution is -0.384. The minimum atomic E-state index is -0.521. The van der Waals surface area contributed by atoms with Crippen molar-refractivity contribution >= 4 is 23.2 Å². The van der Waals surface area contributed by atoms with E-state index in [9.17, 15) is 14.9 Å². The topological polar surface area (TPSA) is 114 Å². The first-order valence-corrected chi connectivity index (χ1v) is 5.99. The number of aromatic nitrogens is 1. The van der Waals surface area contributed by atoms with E-state index in [1.165, 1.54) is 12.1 Å². The number of anilines is 2. The summed E-state index contributed by atoms with van der Waals surface area (Å²) in [5.41, 5.74) is 5.46. The molecule has 102 valence electrons. The summed E-state index contributed by atoms with van der Waals surface area (Å²) < 4.78 is 0. The zero-order valence-corrected chi connectivity index (χ0v) is 10.5. The Labute approximate surface area is 109 Å². The number of nitrogens with two attached hydrogens (primary N) is 1. The summed E-state index contributed by atoms with van der Waals surface area (Å²) >= 11 is 0. The van der Waals surface area contributed by atoms with Crippen LogP contribution >= 0.6 is 0 Å². The molecule has 0 bridgehead atoms. The molecule has 1 aromatic heterocycles. The number of nitrogens with zero attached hydrogens (tertiary/aromatic N) is 3. The number of amides is 1. The second kappa shape index (κ2) is 5.09. The van der Waals surface area contributed by atoms with Crippen molar-refractivity contribution in [3.8, 4) is 0 Å². The molecular formula is C11H15N5O3. The number of nitrogens with one attached hydrogen (secondary N) is 1. The van der Waals surface area contributed by atoms with E-state index >= 15 is 0 Å². The minimum absolute atomic E-state index is 0.0741. The van der Waals surface area contributed by atoms with E-state index in [0.29, 0.717) is 25.3 Å². The lowest BCUT2D eigenvalue weighted by Gasteiger charge is -2.35. The number of rotatable bonds is 3. The molecule has 1 amide bonds. The van der Waals surface area contributed by atoms with E-state index in [1.807, 2.05) is 6.92 Å². The van der Waals surface area contributed by atoms with Gasteiger partial charge >= 0.3 is 0 Å². The van der Waals surface area contributed by atoms with Gasteiger partial charge in [0.2, 0.25) is 5.91 Å². The third kappa shape index (κ3) is 2.56. The fraction of sp³-hybridized carbons (Fsp3) is 0.455. The van der Waals surface area contributed by atoms with Crippen LogP contribution in [-0.2, 0) is 4.79 Å². The van der Waals surface area contributed by atoms with Crippen LogP contribution in [0.2, 0.25) is 0 Å². The van der Waals surface area contributed by atoms with Crippen molar-refractivity contribution in [3.05, 3.63) is 22.2 Å². The van der Waals surface area contributed by atoms with Gasteiger partial charge in [-0.2, -0.15) is 0 Å². The largest absolute Gasteiger partial charge is 0.383 e. The van der Waals surface area contributed by atoms with Gasteiger partial charge in [0.15, 0.2) is 0 Å². The first-order chi connectivity index (χ1) is 9.02. The van der Waals surface area contributed by atoms with Crippen LogP contribution in [-0.4, -0.2) is 34.9 Å². The van der Waals surface area contributed by atoms with Crippen molar-refractivity contribution in [2.45, 2.75) is 19.4 Å². The predicted octanol–water partition coefficient (Wildman–Crippen LogP) is 0.287. The van der Waals surface area contributed by atoms with Crippen molar-refractivity contribution < 1.29 is 9.72 Å². The molecule has 19 heavy (non-hydrogen) atoms. The van der Waals surface area contributed by atoms with Crippen LogP contribution in [0.3, 0.4) is 0 Å². The maximum absolute atomic E-state index is 11.8. The van der Waals surface area contributed by atoms with Gasteiger partial charge in [-0.05, 0) is 6.42 Å². The number of piperazine rings is 1. The van der Waals surface area contributed by atoms with Crippen LogP contribution in [0.25, 0.3) is 0 Å². The molecular weight excluding hydrogens is 250 g/mol. The number of hydrogen-bond donors (Lipinski definition) is 2. The number of carbonyl (C=O) groups is 1. The van der Waals surface area contributed by atoms with E-state index in [1.54, 1.807) is 4.90 Å². The molecule has 2 heterocycles. The van der Waals surface area contributed by atoms with E-state index in [4.69, 9.17) is 5.73 Å². The van der Waals surface area contributed by atoms with E-state index in [0.717, 1.165) is 0 Å². The highest BCUT2D eigenvalue weighted by Crippen LogP contribution is 2.25. The summed E-state index contributed by atoms with van der Waals surface area (Å²) in [7, 11) is 0. The Morgan fingerprint density at radius 3 is 3.00 bits per heavy atom. The molecule has 0 spiro atoms. The summed E-state index contributed by atoms with van der Waals surface area (Å²) in [6, 6.07) is 2.18. The Bertz CT molecular complexity index is 519. The highest BCUT2D eigenvalue weighted by Gasteiger charge is 2.30. The molecule has 0 saturated carbocycles. The Balaban J connectivity index is 2.39. The molecule has 1 aromatic rings. The van der Waals surface area contributed by atoms with Gasteiger partial charge in [-0.1, -0.05) is 6.92 Å². The average molecular weight is 265 g/mol. The summed E-state index contributed by atoms with van der Waals surface area (Å²) in [6.07, 6.45) is 0.593. The molecule has 1 fully saturated rings. The van der Waals surface area contributed by atoms with Gasteiger partial charge in [-0.25, -0.2) is 4.98 Å². The molecule has 1 aliphatic rings. The monoisotopic (exact) mass is 265 g/mol. The van der Waals surface area contributed by atoms with Crippen LogP contribution in [0.15, 0.2) is 12.1 Å². The first-order valence-electron chi connectivity index (χ1n) is 5.99. The quantitative estimate of drug-likeness (QED) is 0.599. The maximum atomic E-state index is 11.8. The van der Waals surface area contributed by atoms with Gasteiger partial charge in [0.25, 0.3) is 5.69 Å². The minimum Gasteiger partial charge on any atom is -0.383 e. The molecule has 1 aliphatic heterocycles. The molecule has 0 aromatic carbocycles. The molecule has 0 radical (unpaired) electrons. The fourth-order valence-corrected chi connectivity index (χ4v) is 2.17. The number of nitrogen functional groups attached to an aromatic ring is 1. The van der Waals surface area contributed by atoms with Gasteiger partial charge in [0.1, 0.15) is 17.7 Å². The highest BCUT2D eigenvalue weighted by molar-refractivity contribution is 5.86. The first kappa shape index (κ1) is 13.1. The second-order valence-electron chi connectivity index (χ2n) is 4.27. The fourth-order valence-electron chi connectivity index (χ4n) is 2.17. The highest BCUT2D eigenvalue weighted by atomic mass is 16.6. The van der Waals surface area contributed by atoms with Crippen LogP contribution in [0.4, 0.5) is 17.3 Å². The van der Waals surface area contributed by atoms with Crippen molar-refractivity contribution in [1.82, 2.24) is 10.3 Å². The maximum Gasteiger partial charge on any atom is 0.276 e. The summed E-state index contributed by atoms with van der Waals surface area (Å²) in [4.78, 5) is 27.9. The van der Waals surface area contributed by atoms with Gasteiger partial charge in [0.05, 0.1) is 17.1 Å². The molecule has 8 heteroatoms. The number of carbonyl (C=O) groups excluding carboxylic acids is 1. The molecule has 1 atom stereocenters. The van der Waals surface area contributed by atoms with Gasteiger partial charge in [-0.3, -0.25) is 14.9 Å². The molecule has 3 N–H and O–H groups in total. The normalized spacial score (nSPS) is 19.1. The van der Waals surface area contributed by atoms with Crippen molar-refractivity contribution in [2.24, 2.45) is 0 Å². The van der Waals surface area contributed by atoms with Crippen molar-refractivity contribution in [3.63, 3.8) is 0 Å². The lowest BCUT2D eigenvalue weighted by Crippen LogP contribution is -2.55. The third-order valence-corrected chi connectivity index (χ3v) is 3.04. The second-order valence-corrected chi connectivity index (χ2v) is 4.27. The average Bonchev–Trinajstić information content (AvgIpc) is 2.37. The third-order valence-electron chi connectivity index (χ3n) is 3.04. The zero-order chi connectivity index (χ0) is 14.0. The molecule has 1 saturated heterocycles. The number of pyridine rings is 1. The number of hydrogen-bond acceptors (Lipinski definition) is 6. The van der Waals surface area contributed by atoms with E-state index < -0.39 is 4.92 Å². The van der Waals surface area contributed by atoms with Crippen LogP contribution < -0.4 is 16.0 Å². The smallest absolute Gasteiger partial charge is 0.276 e. The summed E-state index contributed by atoms with van der Waals surface area (Å²) in [5.74, 6) is 0.346. The summed E-state index contributed by atoms with van der Waals surface area (Å²) in [5, 5.41) is 13.6. The Hall–Kier alpha value is -2.38. The van der Waals surface area contributed by atoms with Crippen molar-refractivity contribution in [2.75, 3.05) is 23.7 Å². The lowest BCUT2D eigenvalue weighted by atomic mass is 10.1. The Morgan fingerprint density at radius 1 is 1.63 bits per heavy atom. The van der Waals surface area contributed by atoms with Gasteiger partial charge in [0, 0.05) is 13.1 Å².